The topological polar surface area (TPSA) is 160 Å². The lowest BCUT2D eigenvalue weighted by Crippen LogP contribution is -2.49. The van der Waals surface area contributed by atoms with E-state index in [2.05, 4.69) is 26.6 Å². The van der Waals surface area contributed by atoms with Gasteiger partial charge >= 0.3 is 0 Å². The number of benzene rings is 1. The van der Waals surface area contributed by atoms with Gasteiger partial charge < -0.3 is 24.7 Å². The number of H-pyrrole nitrogens is 1. The van der Waals surface area contributed by atoms with Crippen LogP contribution >= 0.6 is 22.9 Å². The normalized spacial score (nSPS) is 17.8. The van der Waals surface area contributed by atoms with Gasteiger partial charge in [0.2, 0.25) is 12.3 Å². The molecule has 1 aliphatic heterocycles. The van der Waals surface area contributed by atoms with Gasteiger partial charge in [0.05, 0.1) is 23.6 Å². The number of nitrogens with zero attached hydrogens (tertiary/aromatic N) is 2. The van der Waals surface area contributed by atoms with Crippen molar-refractivity contribution in [2.45, 2.75) is 95.1 Å². The lowest BCUT2D eigenvalue weighted by atomic mass is 10.2. The largest absolute Gasteiger partial charge is 0.495 e. The Morgan fingerprint density at radius 2 is 2.00 bits per heavy atom. The molecule has 50 heavy (non-hydrogen) atoms. The number of methoxy groups -OCH3 is 1. The van der Waals surface area contributed by atoms with Crippen LogP contribution in [0, 0.1) is 6.92 Å². The van der Waals surface area contributed by atoms with E-state index >= 15 is 0 Å². The van der Waals surface area contributed by atoms with Gasteiger partial charge in [0, 0.05) is 41.7 Å². The highest BCUT2D eigenvalue weighted by Gasteiger charge is 2.38. The van der Waals surface area contributed by atoms with E-state index in [4.69, 9.17) is 21.1 Å². The minimum Gasteiger partial charge on any atom is -0.495 e. The number of aryl methyl sites for hydroxylation is 1. The molecule has 1 aromatic carbocycles. The van der Waals surface area contributed by atoms with Crippen LogP contribution in [0.2, 0.25) is 5.02 Å². The molecule has 2 aliphatic carbocycles. The zero-order chi connectivity index (χ0) is 36.2. The monoisotopic (exact) mass is 747 g/mol. The SMILES string of the molecule is C=CCCCCO[C@H](C)C(=O)N1CCCC1C(=O)NC1CC1.COc1ccc2c(=O)cc(-c3nc(C)cs3)[nH]c2c1Cl.O=CNS(=O)C1CC1. The molecule has 0 bridgehead atoms. The summed E-state index contributed by atoms with van der Waals surface area (Å²) in [7, 11) is 0.462. The number of unbranched alkanes of at least 4 members (excludes halogenated alkanes) is 2. The number of carbonyl (C=O) groups excluding carboxylic acids is 3. The molecule has 3 atom stereocenters. The fraction of sp³-hybridized carbons (Fsp3) is 0.514. The summed E-state index contributed by atoms with van der Waals surface area (Å²) in [5.74, 6) is 0.478. The van der Waals surface area contributed by atoms with E-state index in [0.29, 0.717) is 53.0 Å². The number of hydrogen-bond acceptors (Lipinski definition) is 9. The first-order chi connectivity index (χ1) is 24.1. The van der Waals surface area contributed by atoms with Crippen molar-refractivity contribution in [1.82, 2.24) is 24.9 Å². The van der Waals surface area contributed by atoms with Crippen molar-refractivity contribution >= 4 is 63.1 Å². The van der Waals surface area contributed by atoms with Crippen molar-refractivity contribution in [3.63, 3.8) is 0 Å². The van der Waals surface area contributed by atoms with Crippen LogP contribution in [0.3, 0.4) is 0 Å². The van der Waals surface area contributed by atoms with E-state index in [0.717, 1.165) is 68.5 Å². The molecule has 3 heterocycles. The van der Waals surface area contributed by atoms with E-state index in [-0.39, 0.29) is 28.5 Å². The summed E-state index contributed by atoms with van der Waals surface area (Å²) in [6, 6.07) is 4.97. The highest BCUT2D eigenvalue weighted by Crippen LogP contribution is 2.32. The first-order valence-electron chi connectivity index (χ1n) is 16.8. The predicted octanol–water partition coefficient (Wildman–Crippen LogP) is 5.20. The predicted molar refractivity (Wildman–Crippen MR) is 198 cm³/mol. The number of ether oxygens (including phenoxy) is 2. The van der Waals surface area contributed by atoms with Crippen molar-refractivity contribution in [3.8, 4) is 16.5 Å². The summed E-state index contributed by atoms with van der Waals surface area (Å²) in [5, 5.41) is 6.89. The average molecular weight is 748 g/mol. The van der Waals surface area contributed by atoms with Crippen molar-refractivity contribution in [1.29, 1.82) is 0 Å². The molecule has 6 rings (SSSR count). The zero-order valence-corrected chi connectivity index (χ0v) is 31.1. The number of carbonyl (C=O) groups is 3. The van der Waals surface area contributed by atoms with Gasteiger partial charge in [-0.15, -0.1) is 17.9 Å². The van der Waals surface area contributed by atoms with Crippen LogP contribution in [0.4, 0.5) is 0 Å². The highest BCUT2D eigenvalue weighted by atomic mass is 35.5. The van der Waals surface area contributed by atoms with E-state index in [9.17, 15) is 23.4 Å². The maximum atomic E-state index is 12.5. The smallest absolute Gasteiger partial charge is 0.252 e. The molecule has 3 aromatic rings. The number of allylic oxidation sites excluding steroid dienone is 1. The van der Waals surface area contributed by atoms with Gasteiger partial charge in [-0.1, -0.05) is 17.7 Å². The van der Waals surface area contributed by atoms with Crippen molar-refractivity contribution in [2.75, 3.05) is 20.3 Å². The van der Waals surface area contributed by atoms with Gasteiger partial charge in [-0.25, -0.2) is 9.19 Å². The molecule has 3 fully saturated rings. The second kappa shape index (κ2) is 19.1. The minimum absolute atomic E-state index is 0.00605. The first-order valence-corrected chi connectivity index (χ1v) is 19.3. The van der Waals surface area contributed by atoms with Gasteiger partial charge in [0.15, 0.2) is 5.43 Å². The first kappa shape index (κ1) is 39.2. The Hall–Kier alpha value is -3.59. The zero-order valence-electron chi connectivity index (χ0n) is 28.7. The summed E-state index contributed by atoms with van der Waals surface area (Å²) in [5.41, 5.74) is 2.06. The van der Waals surface area contributed by atoms with Crippen molar-refractivity contribution < 1.29 is 28.1 Å². The summed E-state index contributed by atoms with van der Waals surface area (Å²) in [4.78, 5) is 55.8. The minimum atomic E-state index is -1.08. The molecule has 15 heteroatoms. The Kier molecular flexibility index (Phi) is 15.0. The Bertz CT molecular complexity index is 1720. The number of fused-ring (bicyclic) bond motifs is 1. The van der Waals surface area contributed by atoms with E-state index in [1.54, 1.807) is 37.1 Å². The van der Waals surface area contributed by atoms with Crippen LogP contribution in [-0.2, 0) is 30.1 Å². The summed E-state index contributed by atoms with van der Waals surface area (Å²) < 4.78 is 23.6. The standard InChI is InChI=1S/C17H28N2O3.C14H11ClN2O2S.C4H7NO2S/c1-3-4-5-6-12-22-13(2)17(21)19-11-7-8-15(19)16(20)18-14-9-10-14;1-7-6-20-14(16-7)9-5-10(18)8-3-4-11(19-2)12(15)13(8)17-9;6-3-5-8(7)4-1-2-4/h3,13-15H,1,4-12H2,2H3,(H,18,20);3-6H,1-2H3,(H,17,18);3-4H,1-2H2,(H,5,6)/t13-,15?;;/m1../s1. The number of likely N-dealkylation sites (tertiary alicyclic amines) is 1. The molecule has 12 nitrogen and oxygen atoms in total. The number of aromatic nitrogens is 2. The third-order valence-electron chi connectivity index (χ3n) is 8.25. The number of hydrogen-bond donors (Lipinski definition) is 3. The summed E-state index contributed by atoms with van der Waals surface area (Å²) in [6.07, 6.45) is 10.6. The number of rotatable bonds is 14. The number of amides is 3. The number of aromatic amines is 1. The van der Waals surface area contributed by atoms with E-state index < -0.39 is 17.1 Å². The van der Waals surface area contributed by atoms with Crippen molar-refractivity contribution in [2.24, 2.45) is 0 Å². The quantitative estimate of drug-likeness (QED) is 0.115. The van der Waals surface area contributed by atoms with Crippen LogP contribution in [0.25, 0.3) is 21.6 Å². The third-order valence-corrected chi connectivity index (χ3v) is 11.0. The fourth-order valence-electron chi connectivity index (χ4n) is 5.22. The Morgan fingerprint density at radius 1 is 1.24 bits per heavy atom. The molecule has 0 radical (unpaired) electrons. The van der Waals surface area contributed by atoms with Crippen LogP contribution in [0.15, 0.2) is 41.0 Å². The molecule has 1 saturated heterocycles. The van der Waals surface area contributed by atoms with Crippen molar-refractivity contribution in [3.05, 3.63) is 57.2 Å². The molecular weight excluding hydrogens is 702 g/mol. The summed E-state index contributed by atoms with van der Waals surface area (Å²) >= 11 is 7.75. The molecule has 3 aliphatic rings. The van der Waals surface area contributed by atoms with Gasteiger partial charge in [-0.2, -0.15) is 0 Å². The van der Waals surface area contributed by atoms with Crippen LogP contribution < -0.4 is 20.2 Å². The second-order valence-electron chi connectivity index (χ2n) is 12.3. The highest BCUT2D eigenvalue weighted by molar-refractivity contribution is 7.84. The van der Waals surface area contributed by atoms with Crippen LogP contribution in [0.1, 0.15) is 70.4 Å². The van der Waals surface area contributed by atoms with Crippen LogP contribution in [-0.4, -0.2) is 81.0 Å². The lowest BCUT2D eigenvalue weighted by molar-refractivity contribution is -0.147. The van der Waals surface area contributed by atoms with E-state index in [1.165, 1.54) is 11.3 Å². The Balaban J connectivity index is 0.000000185. The summed E-state index contributed by atoms with van der Waals surface area (Å²) in [6.45, 7) is 8.61. The van der Waals surface area contributed by atoms with Crippen LogP contribution in [0.5, 0.6) is 5.75 Å². The van der Waals surface area contributed by atoms with Gasteiger partial charge in [0.25, 0.3) is 5.91 Å². The Labute approximate surface area is 303 Å². The average Bonchev–Trinajstić information content (AvgIpc) is 4.03. The Morgan fingerprint density at radius 3 is 2.62 bits per heavy atom. The maximum Gasteiger partial charge on any atom is 0.252 e. The van der Waals surface area contributed by atoms with Gasteiger partial charge in [0.1, 0.15) is 38.9 Å². The molecular formula is C35H46ClN5O7S2. The fourth-order valence-corrected chi connectivity index (χ4v) is 7.13. The third kappa shape index (κ3) is 11.2. The molecule has 3 amide bonds. The second-order valence-corrected chi connectivity index (χ2v) is 15.1. The number of halogens is 1. The lowest BCUT2D eigenvalue weighted by Gasteiger charge is -2.26. The molecule has 3 N–H and O–H groups in total. The maximum absolute atomic E-state index is 12.5. The molecule has 2 saturated carbocycles. The number of pyridine rings is 1. The molecule has 2 unspecified atom stereocenters. The van der Waals surface area contributed by atoms with Gasteiger partial charge in [-0.3, -0.25) is 23.9 Å². The number of nitrogens with one attached hydrogen (secondary N) is 3. The molecule has 2 aromatic heterocycles. The van der Waals surface area contributed by atoms with E-state index in [1.807, 2.05) is 18.4 Å². The molecule has 0 spiro atoms. The molecule has 272 valence electrons. The number of thiazole rings is 1. The van der Waals surface area contributed by atoms with Gasteiger partial charge in [-0.05, 0) is 83.8 Å².